The highest BCUT2D eigenvalue weighted by Gasteiger charge is 2.26. The van der Waals surface area contributed by atoms with Crippen molar-refractivity contribution in [2.24, 2.45) is 0 Å². The Hall–Kier alpha value is -1.71. The quantitative estimate of drug-likeness (QED) is 0.925. The molecule has 0 radical (unpaired) electrons. The molecule has 0 saturated heterocycles. The molecule has 1 N–H and O–H groups in total. The van der Waals surface area contributed by atoms with Crippen LogP contribution >= 0.6 is 11.6 Å². The maximum atomic E-state index is 6.15. The van der Waals surface area contributed by atoms with Gasteiger partial charge in [-0.1, -0.05) is 29.8 Å². The van der Waals surface area contributed by atoms with Crippen molar-refractivity contribution in [1.82, 2.24) is 5.32 Å². The standard InChI is InChI=1S/C18H20ClNO2/c1-3-22-18-15-9-10-20-17(12-5-4-6-13(19)11-12)14(15)7-8-16(18)21-2/h4-8,11,17,20H,3,9-10H2,1-2H3. The Morgan fingerprint density at radius 3 is 2.86 bits per heavy atom. The molecule has 2 aromatic rings. The molecule has 0 aliphatic carbocycles. The number of fused-ring (bicyclic) bond motifs is 1. The summed E-state index contributed by atoms with van der Waals surface area (Å²) in [4.78, 5) is 0. The zero-order chi connectivity index (χ0) is 15.5. The van der Waals surface area contributed by atoms with Gasteiger partial charge in [0, 0.05) is 17.1 Å². The van der Waals surface area contributed by atoms with Gasteiger partial charge in [0.15, 0.2) is 11.5 Å². The van der Waals surface area contributed by atoms with Crippen LogP contribution in [-0.2, 0) is 6.42 Å². The topological polar surface area (TPSA) is 30.5 Å². The Morgan fingerprint density at radius 2 is 2.14 bits per heavy atom. The minimum Gasteiger partial charge on any atom is -0.493 e. The molecule has 0 saturated carbocycles. The highest BCUT2D eigenvalue weighted by atomic mass is 35.5. The summed E-state index contributed by atoms with van der Waals surface area (Å²) in [6, 6.07) is 12.2. The molecule has 3 nitrogen and oxygen atoms in total. The third-order valence-electron chi connectivity index (χ3n) is 3.99. The van der Waals surface area contributed by atoms with E-state index in [-0.39, 0.29) is 6.04 Å². The molecule has 1 aliphatic rings. The zero-order valence-corrected chi connectivity index (χ0v) is 13.6. The molecule has 1 unspecified atom stereocenters. The van der Waals surface area contributed by atoms with Gasteiger partial charge in [-0.05, 0) is 42.7 Å². The normalized spacial score (nSPS) is 17.0. The minimum absolute atomic E-state index is 0.132. The monoisotopic (exact) mass is 317 g/mol. The number of rotatable bonds is 4. The van der Waals surface area contributed by atoms with Crippen LogP contribution in [0.3, 0.4) is 0 Å². The molecule has 0 fully saturated rings. The highest BCUT2D eigenvalue weighted by molar-refractivity contribution is 6.30. The van der Waals surface area contributed by atoms with Crippen molar-refractivity contribution in [3.8, 4) is 11.5 Å². The highest BCUT2D eigenvalue weighted by Crippen LogP contribution is 2.40. The van der Waals surface area contributed by atoms with Crippen LogP contribution in [0.25, 0.3) is 0 Å². The molecule has 0 amide bonds. The first-order valence-electron chi connectivity index (χ1n) is 7.56. The van der Waals surface area contributed by atoms with Gasteiger partial charge in [-0.15, -0.1) is 0 Å². The molecule has 116 valence electrons. The van der Waals surface area contributed by atoms with E-state index in [9.17, 15) is 0 Å². The number of hydrogen-bond acceptors (Lipinski definition) is 3. The van der Waals surface area contributed by atoms with E-state index < -0.39 is 0 Å². The maximum absolute atomic E-state index is 6.15. The van der Waals surface area contributed by atoms with Gasteiger partial charge in [0.25, 0.3) is 0 Å². The summed E-state index contributed by atoms with van der Waals surface area (Å²) in [5.41, 5.74) is 3.63. The third kappa shape index (κ3) is 2.79. The Bertz CT molecular complexity index is 672. The molecule has 0 spiro atoms. The molecule has 2 aromatic carbocycles. The predicted octanol–water partition coefficient (Wildman–Crippen LogP) is 3.98. The first kappa shape index (κ1) is 15.2. The Kier molecular flexibility index (Phi) is 4.55. The first-order valence-corrected chi connectivity index (χ1v) is 7.93. The van der Waals surface area contributed by atoms with Crippen molar-refractivity contribution in [1.29, 1.82) is 0 Å². The molecular formula is C18H20ClNO2. The van der Waals surface area contributed by atoms with Gasteiger partial charge >= 0.3 is 0 Å². The fraction of sp³-hybridized carbons (Fsp3) is 0.333. The third-order valence-corrected chi connectivity index (χ3v) is 4.22. The van der Waals surface area contributed by atoms with Crippen molar-refractivity contribution in [2.75, 3.05) is 20.3 Å². The Balaban J connectivity index is 2.09. The molecule has 1 atom stereocenters. The molecule has 1 heterocycles. The summed E-state index contributed by atoms with van der Waals surface area (Å²) >= 11 is 6.15. The van der Waals surface area contributed by atoms with E-state index in [1.165, 1.54) is 16.7 Å². The van der Waals surface area contributed by atoms with E-state index in [1.807, 2.05) is 31.2 Å². The average Bonchev–Trinajstić information content (AvgIpc) is 2.55. The fourth-order valence-electron chi connectivity index (χ4n) is 3.05. The maximum Gasteiger partial charge on any atom is 0.164 e. The van der Waals surface area contributed by atoms with Crippen LogP contribution in [0, 0.1) is 0 Å². The summed E-state index contributed by atoms with van der Waals surface area (Å²) in [5.74, 6) is 1.67. The van der Waals surface area contributed by atoms with E-state index in [4.69, 9.17) is 21.1 Å². The average molecular weight is 318 g/mol. The smallest absolute Gasteiger partial charge is 0.164 e. The zero-order valence-electron chi connectivity index (χ0n) is 12.9. The summed E-state index contributed by atoms with van der Waals surface area (Å²) in [5, 5.41) is 4.33. The SMILES string of the molecule is CCOc1c(OC)ccc2c1CCNC2c1cccc(Cl)c1. The molecule has 0 aromatic heterocycles. The summed E-state index contributed by atoms with van der Waals surface area (Å²) in [6.07, 6.45) is 0.929. The van der Waals surface area contributed by atoms with E-state index in [0.717, 1.165) is 29.5 Å². The molecule has 1 aliphatic heterocycles. The van der Waals surface area contributed by atoms with Gasteiger partial charge < -0.3 is 14.8 Å². The predicted molar refractivity (Wildman–Crippen MR) is 89.2 cm³/mol. The number of nitrogens with one attached hydrogen (secondary N) is 1. The van der Waals surface area contributed by atoms with Crippen molar-refractivity contribution in [3.05, 3.63) is 58.1 Å². The van der Waals surface area contributed by atoms with Crippen LogP contribution in [-0.4, -0.2) is 20.3 Å². The van der Waals surface area contributed by atoms with Gasteiger partial charge in [0.05, 0.1) is 19.8 Å². The molecular weight excluding hydrogens is 298 g/mol. The van der Waals surface area contributed by atoms with Crippen LogP contribution in [0.15, 0.2) is 36.4 Å². The number of ether oxygens (including phenoxy) is 2. The van der Waals surface area contributed by atoms with E-state index in [2.05, 4.69) is 17.4 Å². The number of hydrogen-bond donors (Lipinski definition) is 1. The molecule has 4 heteroatoms. The Labute approximate surface area is 136 Å². The molecule has 0 bridgehead atoms. The lowest BCUT2D eigenvalue weighted by Crippen LogP contribution is -2.31. The van der Waals surface area contributed by atoms with Crippen LogP contribution in [0.2, 0.25) is 5.02 Å². The van der Waals surface area contributed by atoms with Gasteiger partial charge in [-0.25, -0.2) is 0 Å². The first-order chi connectivity index (χ1) is 10.7. The molecule has 22 heavy (non-hydrogen) atoms. The second-order valence-electron chi connectivity index (χ2n) is 5.29. The van der Waals surface area contributed by atoms with Crippen LogP contribution in [0.1, 0.15) is 29.7 Å². The van der Waals surface area contributed by atoms with Crippen LogP contribution in [0.5, 0.6) is 11.5 Å². The minimum atomic E-state index is 0.132. The van der Waals surface area contributed by atoms with Crippen molar-refractivity contribution in [2.45, 2.75) is 19.4 Å². The lowest BCUT2D eigenvalue weighted by atomic mass is 9.89. The lowest BCUT2D eigenvalue weighted by molar-refractivity contribution is 0.305. The van der Waals surface area contributed by atoms with Crippen molar-refractivity contribution >= 4 is 11.6 Å². The summed E-state index contributed by atoms with van der Waals surface area (Å²) in [7, 11) is 1.68. The van der Waals surface area contributed by atoms with E-state index in [0.29, 0.717) is 6.61 Å². The van der Waals surface area contributed by atoms with E-state index in [1.54, 1.807) is 7.11 Å². The van der Waals surface area contributed by atoms with Crippen molar-refractivity contribution in [3.63, 3.8) is 0 Å². The largest absolute Gasteiger partial charge is 0.493 e. The van der Waals surface area contributed by atoms with Gasteiger partial charge in [0.1, 0.15) is 0 Å². The fourth-order valence-corrected chi connectivity index (χ4v) is 3.25. The number of benzene rings is 2. The number of methoxy groups -OCH3 is 1. The second kappa shape index (κ2) is 6.59. The Morgan fingerprint density at radius 1 is 1.27 bits per heavy atom. The second-order valence-corrected chi connectivity index (χ2v) is 5.73. The summed E-state index contributed by atoms with van der Waals surface area (Å²) < 4.78 is 11.3. The van der Waals surface area contributed by atoms with E-state index >= 15 is 0 Å². The van der Waals surface area contributed by atoms with Crippen LogP contribution < -0.4 is 14.8 Å². The van der Waals surface area contributed by atoms with Gasteiger partial charge in [-0.3, -0.25) is 0 Å². The van der Waals surface area contributed by atoms with Gasteiger partial charge in [-0.2, -0.15) is 0 Å². The lowest BCUT2D eigenvalue weighted by Gasteiger charge is -2.29. The number of halogens is 1. The van der Waals surface area contributed by atoms with Crippen molar-refractivity contribution < 1.29 is 9.47 Å². The molecule has 3 rings (SSSR count). The summed E-state index contributed by atoms with van der Waals surface area (Å²) in [6.45, 7) is 3.52. The van der Waals surface area contributed by atoms with Gasteiger partial charge in [0.2, 0.25) is 0 Å². The van der Waals surface area contributed by atoms with Crippen LogP contribution in [0.4, 0.5) is 0 Å².